The molecule has 106 valence electrons. The summed E-state index contributed by atoms with van der Waals surface area (Å²) in [6.45, 7) is 3.02. The lowest BCUT2D eigenvalue weighted by Crippen LogP contribution is -2.30. The number of thiazole rings is 1. The van der Waals surface area contributed by atoms with Gasteiger partial charge >= 0.3 is 0 Å². The third-order valence-electron chi connectivity index (χ3n) is 3.91. The molecule has 1 aromatic carbocycles. The molecular formula is C16H20N2OS. The van der Waals surface area contributed by atoms with Crippen molar-refractivity contribution in [3.05, 3.63) is 29.3 Å². The van der Waals surface area contributed by atoms with Crippen LogP contribution in [-0.2, 0) is 4.79 Å². The van der Waals surface area contributed by atoms with Gasteiger partial charge in [0.25, 0.3) is 0 Å². The van der Waals surface area contributed by atoms with Crippen LogP contribution in [-0.4, -0.2) is 22.3 Å². The van der Waals surface area contributed by atoms with Crippen molar-refractivity contribution in [2.75, 3.05) is 6.54 Å². The molecule has 1 aromatic heterocycles. The number of hydrogen-bond acceptors (Lipinski definition) is 3. The van der Waals surface area contributed by atoms with Crippen LogP contribution in [0.1, 0.15) is 50.1 Å². The highest BCUT2D eigenvalue weighted by atomic mass is 32.1. The first-order valence-corrected chi connectivity index (χ1v) is 8.26. The number of likely N-dealkylation sites (tertiary alicyclic amines) is 1. The Kier molecular flexibility index (Phi) is 4.01. The summed E-state index contributed by atoms with van der Waals surface area (Å²) in [5.74, 6) is 0.300. The van der Waals surface area contributed by atoms with Crippen LogP contribution in [0.15, 0.2) is 24.3 Å². The predicted octanol–water partition coefficient (Wildman–Crippen LogP) is 4.15. The molecule has 1 aliphatic rings. The molecule has 1 aliphatic heterocycles. The summed E-state index contributed by atoms with van der Waals surface area (Å²) in [4.78, 5) is 19.1. The van der Waals surface area contributed by atoms with Crippen LogP contribution >= 0.6 is 11.3 Å². The Labute approximate surface area is 123 Å². The Bertz CT molecular complexity index is 574. The van der Waals surface area contributed by atoms with Crippen molar-refractivity contribution >= 4 is 27.5 Å². The highest BCUT2D eigenvalue weighted by Crippen LogP contribution is 2.36. The van der Waals surface area contributed by atoms with Crippen LogP contribution in [0.3, 0.4) is 0 Å². The van der Waals surface area contributed by atoms with E-state index < -0.39 is 0 Å². The summed E-state index contributed by atoms with van der Waals surface area (Å²) in [5.41, 5.74) is 1.06. The molecule has 0 bridgehead atoms. The molecule has 0 radical (unpaired) electrons. The van der Waals surface area contributed by atoms with E-state index in [1.807, 2.05) is 23.1 Å². The molecular weight excluding hydrogens is 268 g/mol. The van der Waals surface area contributed by atoms with Gasteiger partial charge in [-0.05, 0) is 31.4 Å². The summed E-state index contributed by atoms with van der Waals surface area (Å²) in [5, 5.41) is 1.11. The third kappa shape index (κ3) is 2.57. The number of rotatable bonds is 4. The zero-order valence-corrected chi connectivity index (χ0v) is 12.7. The highest BCUT2D eigenvalue weighted by molar-refractivity contribution is 7.18. The van der Waals surface area contributed by atoms with Gasteiger partial charge in [0.2, 0.25) is 5.91 Å². The topological polar surface area (TPSA) is 33.2 Å². The minimum Gasteiger partial charge on any atom is -0.333 e. The summed E-state index contributed by atoms with van der Waals surface area (Å²) < 4.78 is 1.22. The van der Waals surface area contributed by atoms with Gasteiger partial charge in [-0.3, -0.25) is 4.79 Å². The molecule has 0 aliphatic carbocycles. The molecule has 2 heterocycles. The van der Waals surface area contributed by atoms with E-state index in [0.29, 0.717) is 12.3 Å². The molecule has 3 rings (SSSR count). The Morgan fingerprint density at radius 3 is 3.10 bits per heavy atom. The van der Waals surface area contributed by atoms with Crippen LogP contribution in [0.2, 0.25) is 0 Å². The van der Waals surface area contributed by atoms with Crippen molar-refractivity contribution < 1.29 is 4.79 Å². The smallest absolute Gasteiger partial charge is 0.223 e. The standard InChI is InChI=1S/C16H20N2OS/c1-2-3-10-15(19)18-11-6-8-13(18)16-17-12-7-4-5-9-14(12)20-16/h4-5,7,9,13H,2-3,6,8,10-11H2,1H3. The van der Waals surface area contributed by atoms with Crippen LogP contribution in [0.5, 0.6) is 0 Å². The monoisotopic (exact) mass is 288 g/mol. The van der Waals surface area contributed by atoms with Gasteiger partial charge in [0.05, 0.1) is 16.3 Å². The van der Waals surface area contributed by atoms with E-state index in [1.165, 1.54) is 4.70 Å². The van der Waals surface area contributed by atoms with E-state index in [0.717, 1.165) is 42.8 Å². The number of benzene rings is 1. The van der Waals surface area contributed by atoms with E-state index in [-0.39, 0.29) is 6.04 Å². The quantitative estimate of drug-likeness (QED) is 0.846. The second-order valence-electron chi connectivity index (χ2n) is 5.37. The summed E-state index contributed by atoms with van der Waals surface area (Å²) >= 11 is 1.73. The fourth-order valence-electron chi connectivity index (χ4n) is 2.83. The third-order valence-corrected chi connectivity index (χ3v) is 5.05. The largest absolute Gasteiger partial charge is 0.333 e. The van der Waals surface area contributed by atoms with Crippen molar-refractivity contribution in [2.45, 2.75) is 45.1 Å². The van der Waals surface area contributed by atoms with Crippen LogP contribution in [0.4, 0.5) is 0 Å². The van der Waals surface area contributed by atoms with Gasteiger partial charge in [-0.15, -0.1) is 11.3 Å². The molecule has 4 heteroatoms. The molecule has 2 aromatic rings. The molecule has 1 atom stereocenters. The lowest BCUT2D eigenvalue weighted by molar-refractivity contribution is -0.132. The Balaban J connectivity index is 1.82. The minimum atomic E-state index is 0.205. The van der Waals surface area contributed by atoms with E-state index in [2.05, 4.69) is 13.0 Å². The van der Waals surface area contributed by atoms with Crippen molar-refractivity contribution in [2.24, 2.45) is 0 Å². The van der Waals surface area contributed by atoms with E-state index in [1.54, 1.807) is 11.3 Å². The maximum absolute atomic E-state index is 12.3. The first kappa shape index (κ1) is 13.6. The fourth-order valence-corrected chi connectivity index (χ4v) is 3.94. The summed E-state index contributed by atoms with van der Waals surface area (Å²) in [6.07, 6.45) is 4.89. The molecule has 3 nitrogen and oxygen atoms in total. The molecule has 1 unspecified atom stereocenters. The van der Waals surface area contributed by atoms with Crippen molar-refractivity contribution in [1.29, 1.82) is 0 Å². The molecule has 0 saturated carbocycles. The maximum atomic E-state index is 12.3. The predicted molar refractivity (Wildman–Crippen MR) is 82.8 cm³/mol. The number of unbranched alkanes of at least 4 members (excludes halogenated alkanes) is 1. The number of carbonyl (C=O) groups is 1. The number of amides is 1. The van der Waals surface area contributed by atoms with Gasteiger partial charge in [-0.2, -0.15) is 0 Å². The summed E-state index contributed by atoms with van der Waals surface area (Å²) in [6, 6.07) is 8.42. The summed E-state index contributed by atoms with van der Waals surface area (Å²) in [7, 11) is 0. The van der Waals surface area contributed by atoms with Crippen LogP contribution < -0.4 is 0 Å². The van der Waals surface area contributed by atoms with E-state index in [4.69, 9.17) is 4.98 Å². The lowest BCUT2D eigenvalue weighted by atomic mass is 10.2. The minimum absolute atomic E-state index is 0.205. The SMILES string of the molecule is CCCCC(=O)N1CCCC1c1nc2ccccc2s1. The molecule has 1 amide bonds. The van der Waals surface area contributed by atoms with Gasteiger partial charge in [-0.25, -0.2) is 4.98 Å². The number of para-hydroxylation sites is 1. The number of fused-ring (bicyclic) bond motifs is 1. The second-order valence-corrected chi connectivity index (χ2v) is 6.43. The van der Waals surface area contributed by atoms with Crippen LogP contribution in [0.25, 0.3) is 10.2 Å². The number of carbonyl (C=O) groups excluding carboxylic acids is 1. The number of hydrogen-bond donors (Lipinski definition) is 0. The van der Waals surface area contributed by atoms with E-state index in [9.17, 15) is 4.79 Å². The zero-order valence-electron chi connectivity index (χ0n) is 11.8. The Morgan fingerprint density at radius 2 is 2.30 bits per heavy atom. The molecule has 0 N–H and O–H groups in total. The van der Waals surface area contributed by atoms with Crippen molar-refractivity contribution in [3.8, 4) is 0 Å². The Hall–Kier alpha value is -1.42. The molecule has 1 fully saturated rings. The Morgan fingerprint density at radius 1 is 1.45 bits per heavy atom. The van der Waals surface area contributed by atoms with Gasteiger partial charge in [-0.1, -0.05) is 25.5 Å². The molecule has 0 spiro atoms. The van der Waals surface area contributed by atoms with Gasteiger partial charge in [0, 0.05) is 13.0 Å². The normalized spacial score (nSPS) is 18.9. The van der Waals surface area contributed by atoms with Crippen molar-refractivity contribution in [1.82, 2.24) is 9.88 Å². The van der Waals surface area contributed by atoms with Gasteiger partial charge in [0.15, 0.2) is 0 Å². The van der Waals surface area contributed by atoms with E-state index >= 15 is 0 Å². The second kappa shape index (κ2) is 5.92. The van der Waals surface area contributed by atoms with Gasteiger partial charge < -0.3 is 4.90 Å². The lowest BCUT2D eigenvalue weighted by Gasteiger charge is -2.23. The first-order chi connectivity index (χ1) is 9.79. The van der Waals surface area contributed by atoms with Crippen molar-refractivity contribution in [3.63, 3.8) is 0 Å². The zero-order chi connectivity index (χ0) is 13.9. The molecule has 20 heavy (non-hydrogen) atoms. The first-order valence-electron chi connectivity index (χ1n) is 7.44. The molecule has 1 saturated heterocycles. The average Bonchev–Trinajstić information content (AvgIpc) is 3.09. The highest BCUT2D eigenvalue weighted by Gasteiger charge is 2.31. The fraction of sp³-hybridized carbons (Fsp3) is 0.500. The maximum Gasteiger partial charge on any atom is 0.223 e. The average molecular weight is 288 g/mol. The van der Waals surface area contributed by atoms with Crippen LogP contribution in [0, 0.1) is 0 Å². The van der Waals surface area contributed by atoms with Gasteiger partial charge in [0.1, 0.15) is 5.01 Å². The number of aromatic nitrogens is 1. The number of nitrogens with zero attached hydrogens (tertiary/aromatic N) is 2.